The molecule has 1 amide bonds. The molecule has 1 aliphatic heterocycles. The van der Waals surface area contributed by atoms with Crippen LogP contribution < -0.4 is 10.6 Å². The van der Waals surface area contributed by atoms with E-state index in [9.17, 15) is 27.6 Å². The third kappa shape index (κ3) is 7.14. The normalized spacial score (nSPS) is 18.3. The van der Waals surface area contributed by atoms with E-state index in [2.05, 4.69) is 25.7 Å². The third-order valence-corrected chi connectivity index (χ3v) is 9.53. The maximum Gasteiger partial charge on any atom is 0.512 e. The topological polar surface area (TPSA) is 134 Å². The Labute approximate surface area is 270 Å². The first kappa shape index (κ1) is 32.5. The molecule has 1 unspecified atom stereocenters. The van der Waals surface area contributed by atoms with Crippen LogP contribution in [0.25, 0.3) is 11.1 Å². The van der Waals surface area contributed by atoms with Crippen LogP contribution in [0.3, 0.4) is 0 Å². The second-order valence-electron chi connectivity index (χ2n) is 11.7. The molecule has 0 bridgehead atoms. The number of amides is 1. The first-order valence-electron chi connectivity index (χ1n) is 15.3. The molecule has 246 valence electrons. The van der Waals surface area contributed by atoms with Gasteiger partial charge in [0.25, 0.3) is 5.91 Å². The van der Waals surface area contributed by atoms with E-state index in [-0.39, 0.29) is 48.0 Å². The number of aliphatic hydroxyl groups excluding tert-OH is 1. The fourth-order valence-electron chi connectivity index (χ4n) is 5.96. The molecule has 1 aliphatic carbocycles. The highest BCUT2D eigenvalue weighted by atomic mass is 31.1. The Morgan fingerprint density at radius 3 is 2.51 bits per heavy atom. The van der Waals surface area contributed by atoms with Crippen LogP contribution in [0.2, 0.25) is 0 Å². The maximum atomic E-state index is 14.1. The predicted octanol–water partition coefficient (Wildman–Crippen LogP) is 7.19. The lowest BCUT2D eigenvalue weighted by molar-refractivity contribution is -0.137. The highest BCUT2D eigenvalue weighted by Crippen LogP contribution is 2.41. The molecule has 2 aromatic heterocycles. The Morgan fingerprint density at radius 2 is 1.81 bits per heavy atom. The zero-order chi connectivity index (χ0) is 33.3. The molecule has 4 aromatic rings. The number of rotatable bonds is 10. The largest absolute Gasteiger partial charge is 0.512 e. The summed E-state index contributed by atoms with van der Waals surface area (Å²) in [7, 11) is -0.195. The molecule has 1 saturated carbocycles. The zero-order valence-corrected chi connectivity index (χ0v) is 26.7. The number of carbonyl (C=O) groups is 1. The number of alkyl halides is 3. The predicted molar refractivity (Wildman–Crippen MR) is 170 cm³/mol. The fraction of sp³-hybridized carbons (Fsp3) is 0.375. The molecule has 0 saturated heterocycles. The minimum absolute atomic E-state index is 0.0898. The fourth-order valence-corrected chi connectivity index (χ4v) is 6.85. The molecule has 47 heavy (non-hydrogen) atoms. The Morgan fingerprint density at radius 1 is 1.06 bits per heavy atom. The summed E-state index contributed by atoms with van der Waals surface area (Å²) < 4.78 is 61.3. The van der Waals surface area contributed by atoms with E-state index >= 15 is 0 Å². The van der Waals surface area contributed by atoms with Crippen molar-refractivity contribution in [1.82, 2.24) is 24.6 Å². The lowest BCUT2D eigenvalue weighted by Gasteiger charge is -2.25. The van der Waals surface area contributed by atoms with Crippen molar-refractivity contribution in [2.45, 2.75) is 63.6 Å². The quantitative estimate of drug-likeness (QED) is 0.150. The molecular weight excluding hydrogens is 634 g/mol. The Balaban J connectivity index is 1.28. The van der Waals surface area contributed by atoms with Crippen molar-refractivity contribution in [3.8, 4) is 11.1 Å². The van der Waals surface area contributed by atoms with Gasteiger partial charge in [0.15, 0.2) is 0 Å². The third-order valence-electron chi connectivity index (χ3n) is 8.36. The molecule has 3 heterocycles. The molecule has 2 aliphatic rings. The lowest BCUT2D eigenvalue weighted by Crippen LogP contribution is -2.21. The van der Waals surface area contributed by atoms with Crippen LogP contribution in [0.5, 0.6) is 0 Å². The summed E-state index contributed by atoms with van der Waals surface area (Å²) in [6.45, 7) is 2.37. The lowest BCUT2D eigenvalue weighted by atomic mass is 9.93. The first-order valence-corrected chi connectivity index (χ1v) is 16.6. The summed E-state index contributed by atoms with van der Waals surface area (Å²) >= 11 is 0. The van der Waals surface area contributed by atoms with Gasteiger partial charge in [-0.2, -0.15) is 23.3 Å². The van der Waals surface area contributed by atoms with E-state index in [1.165, 1.54) is 4.90 Å². The van der Waals surface area contributed by atoms with Gasteiger partial charge in [-0.05, 0) is 66.5 Å². The summed E-state index contributed by atoms with van der Waals surface area (Å²) in [6, 6.07) is 10.3. The van der Waals surface area contributed by atoms with Gasteiger partial charge >= 0.3 is 14.2 Å². The Bertz CT molecular complexity index is 1790. The summed E-state index contributed by atoms with van der Waals surface area (Å²) in [5.74, 6) is -0.928. The second-order valence-corrected chi connectivity index (χ2v) is 12.9. The average Bonchev–Trinajstić information content (AvgIpc) is 3.63. The molecule has 11 nitrogen and oxygen atoms in total. The minimum atomic E-state index is -4.77. The van der Waals surface area contributed by atoms with Crippen molar-refractivity contribution >= 4 is 37.1 Å². The van der Waals surface area contributed by atoms with Gasteiger partial charge in [-0.3, -0.25) is 9.48 Å². The van der Waals surface area contributed by atoms with Crippen LogP contribution in [0, 0.1) is 0 Å². The standard InChI is InChI=1S/C32H33F3N7O4P/c1-3-46-47(45)18-19-4-6-21(7-5-19)38-31-36-15-26(32(33,34)35)29(40-31)39-27-13-12-24(25-17-41(2)30(44)28(25)27)20-14-37-42(16-20)22-8-10-23(43)11-9-22/h4-7,12-16,22-23,43H,3,8-11,17-18H2,1-2H3,(H-,36,38,39,40,44)/p+1. The monoisotopic (exact) mass is 668 g/mol. The molecule has 3 N–H and O–H groups in total. The van der Waals surface area contributed by atoms with Crippen molar-refractivity contribution in [1.29, 1.82) is 0 Å². The summed E-state index contributed by atoms with van der Waals surface area (Å²) in [4.78, 5) is 22.9. The van der Waals surface area contributed by atoms with Gasteiger partial charge in [0.05, 0.1) is 36.2 Å². The molecular formula is C32H34F3N7O4P+. The Kier molecular flexibility index (Phi) is 9.27. The number of aliphatic hydroxyl groups is 1. The number of fused-ring (bicyclic) bond motifs is 1. The van der Waals surface area contributed by atoms with Gasteiger partial charge in [0.2, 0.25) is 12.1 Å². The van der Waals surface area contributed by atoms with Crippen molar-refractivity contribution in [2.24, 2.45) is 0 Å². The summed E-state index contributed by atoms with van der Waals surface area (Å²) in [6.07, 6.45) is 2.55. The molecule has 0 radical (unpaired) electrons. The number of nitrogens with one attached hydrogen (secondary N) is 2. The number of aromatic nitrogens is 4. The molecule has 1 fully saturated rings. The number of anilines is 4. The number of carbonyl (C=O) groups excluding carboxylic acids is 1. The highest BCUT2D eigenvalue weighted by Gasteiger charge is 2.37. The van der Waals surface area contributed by atoms with Crippen LogP contribution in [0.4, 0.5) is 36.3 Å². The minimum Gasteiger partial charge on any atom is -0.393 e. The number of halogens is 3. The summed E-state index contributed by atoms with van der Waals surface area (Å²) in [5.41, 5.74) is 2.88. The van der Waals surface area contributed by atoms with Crippen molar-refractivity contribution in [3.63, 3.8) is 0 Å². The molecule has 6 rings (SSSR count). The first-order chi connectivity index (χ1) is 22.5. The molecule has 1 atom stereocenters. The van der Waals surface area contributed by atoms with E-state index in [0.29, 0.717) is 36.9 Å². The molecule has 0 spiro atoms. The van der Waals surface area contributed by atoms with E-state index in [0.717, 1.165) is 29.5 Å². The van der Waals surface area contributed by atoms with Gasteiger partial charge in [-0.1, -0.05) is 18.2 Å². The SMILES string of the molecule is CCO[P+](=O)Cc1ccc(Nc2ncc(C(F)(F)F)c(Nc3ccc(-c4cnn(C5CCC(O)CC5)c4)c4c3C(=O)N(C)C4)n2)cc1. The van der Waals surface area contributed by atoms with Gasteiger partial charge in [-0.25, -0.2) is 4.98 Å². The van der Waals surface area contributed by atoms with E-state index in [1.807, 2.05) is 10.9 Å². The van der Waals surface area contributed by atoms with Gasteiger partial charge in [-0.15, -0.1) is 4.52 Å². The van der Waals surface area contributed by atoms with Crippen LogP contribution in [0.15, 0.2) is 55.0 Å². The van der Waals surface area contributed by atoms with E-state index < -0.39 is 25.6 Å². The number of hydrogen-bond acceptors (Lipinski definition) is 9. The van der Waals surface area contributed by atoms with E-state index in [1.54, 1.807) is 56.6 Å². The van der Waals surface area contributed by atoms with Gasteiger partial charge in [0, 0.05) is 42.8 Å². The van der Waals surface area contributed by atoms with Crippen LogP contribution in [-0.2, 0) is 28.0 Å². The van der Waals surface area contributed by atoms with Gasteiger partial charge < -0.3 is 20.6 Å². The maximum absolute atomic E-state index is 14.1. The summed E-state index contributed by atoms with van der Waals surface area (Å²) in [5, 5.41) is 20.1. The molecule has 2 aromatic carbocycles. The molecule has 15 heteroatoms. The number of hydrogen-bond donors (Lipinski definition) is 3. The van der Waals surface area contributed by atoms with Crippen molar-refractivity contribution in [3.05, 3.63) is 77.2 Å². The zero-order valence-electron chi connectivity index (χ0n) is 25.8. The highest BCUT2D eigenvalue weighted by molar-refractivity contribution is 7.38. The number of nitrogens with zero attached hydrogens (tertiary/aromatic N) is 5. The Hall–Kier alpha value is -4.39. The van der Waals surface area contributed by atoms with E-state index in [4.69, 9.17) is 4.52 Å². The average molecular weight is 669 g/mol. The van der Waals surface area contributed by atoms with Crippen molar-refractivity contribution < 1.29 is 32.2 Å². The smallest absolute Gasteiger partial charge is 0.393 e. The van der Waals surface area contributed by atoms with Crippen LogP contribution in [0.1, 0.15) is 65.7 Å². The second kappa shape index (κ2) is 13.4. The van der Waals surface area contributed by atoms with Crippen LogP contribution in [-0.4, -0.2) is 55.4 Å². The van der Waals surface area contributed by atoms with Crippen LogP contribution >= 0.6 is 8.03 Å². The van der Waals surface area contributed by atoms with Crippen molar-refractivity contribution in [2.75, 3.05) is 24.3 Å². The number of benzene rings is 2. The van der Waals surface area contributed by atoms with Gasteiger partial charge in [0.1, 0.15) is 11.4 Å².